The van der Waals surface area contributed by atoms with E-state index in [0.717, 1.165) is 17.0 Å². The Kier molecular flexibility index (Phi) is 4.26. The van der Waals surface area contributed by atoms with E-state index >= 15 is 0 Å². The van der Waals surface area contributed by atoms with Gasteiger partial charge >= 0.3 is 0 Å². The van der Waals surface area contributed by atoms with E-state index in [4.69, 9.17) is 4.42 Å². The zero-order valence-corrected chi connectivity index (χ0v) is 13.7. The van der Waals surface area contributed by atoms with Crippen LogP contribution >= 0.6 is 0 Å². The summed E-state index contributed by atoms with van der Waals surface area (Å²) in [5, 5.41) is 13.8. The van der Waals surface area contributed by atoms with E-state index in [2.05, 4.69) is 20.8 Å². The number of furan rings is 1. The van der Waals surface area contributed by atoms with Crippen LogP contribution in [0.5, 0.6) is 0 Å². The Bertz CT molecular complexity index is 992. The van der Waals surface area contributed by atoms with Gasteiger partial charge in [0.1, 0.15) is 17.8 Å². The van der Waals surface area contributed by atoms with Crippen molar-refractivity contribution in [2.75, 3.05) is 0 Å². The number of nitrogens with one attached hydrogen (secondary N) is 1. The van der Waals surface area contributed by atoms with Crippen LogP contribution < -0.4 is 5.32 Å². The molecule has 1 amide bonds. The lowest BCUT2D eigenvalue weighted by Gasteiger charge is -2.05. The Morgan fingerprint density at radius 1 is 1.00 bits per heavy atom. The highest BCUT2D eigenvalue weighted by molar-refractivity contribution is 5.94. The van der Waals surface area contributed by atoms with Gasteiger partial charge in [-0.05, 0) is 46.8 Å². The largest absolute Gasteiger partial charge is 0.459 e. The number of benzene rings is 2. The normalized spacial score (nSPS) is 10.6. The van der Waals surface area contributed by atoms with E-state index in [1.807, 2.05) is 42.5 Å². The van der Waals surface area contributed by atoms with Crippen molar-refractivity contribution >= 4 is 5.91 Å². The van der Waals surface area contributed by atoms with Crippen LogP contribution in [0.2, 0.25) is 0 Å². The number of carbonyl (C=O) groups excluding carboxylic acids is 1. The van der Waals surface area contributed by atoms with E-state index in [1.54, 1.807) is 24.3 Å². The van der Waals surface area contributed by atoms with Gasteiger partial charge in [0.25, 0.3) is 5.91 Å². The first kappa shape index (κ1) is 15.8. The first-order valence-corrected chi connectivity index (χ1v) is 8.05. The molecule has 1 N–H and O–H groups in total. The van der Waals surface area contributed by atoms with Crippen molar-refractivity contribution in [1.82, 2.24) is 25.5 Å². The minimum absolute atomic E-state index is 0.175. The van der Waals surface area contributed by atoms with Gasteiger partial charge in [-0.25, -0.2) is 4.68 Å². The van der Waals surface area contributed by atoms with Crippen LogP contribution in [0.4, 0.5) is 0 Å². The van der Waals surface area contributed by atoms with Crippen LogP contribution in [0.3, 0.4) is 0 Å². The molecule has 128 valence electrons. The van der Waals surface area contributed by atoms with Gasteiger partial charge in [-0.1, -0.05) is 30.3 Å². The van der Waals surface area contributed by atoms with Crippen molar-refractivity contribution in [3.63, 3.8) is 0 Å². The number of rotatable bonds is 5. The number of nitrogens with zero attached hydrogens (tertiary/aromatic N) is 4. The third kappa shape index (κ3) is 3.36. The molecular formula is C19H15N5O2. The fraction of sp³-hybridized carbons (Fsp3) is 0.0526. The summed E-state index contributed by atoms with van der Waals surface area (Å²) in [4.78, 5) is 12.3. The lowest BCUT2D eigenvalue weighted by atomic mass is 10.2. The molecule has 7 nitrogen and oxygen atoms in total. The molecular weight excluding hydrogens is 330 g/mol. The molecule has 0 saturated heterocycles. The SMILES string of the molecule is O=C(NCc1ccc(-c2ccccc2)o1)c1ccc(-n2cnnn2)cc1. The minimum Gasteiger partial charge on any atom is -0.459 e. The van der Waals surface area contributed by atoms with Crippen molar-refractivity contribution in [3.05, 3.63) is 84.4 Å². The molecule has 0 unspecified atom stereocenters. The molecule has 2 aromatic carbocycles. The molecule has 4 rings (SSSR count). The van der Waals surface area contributed by atoms with E-state index < -0.39 is 0 Å². The smallest absolute Gasteiger partial charge is 0.251 e. The van der Waals surface area contributed by atoms with Gasteiger partial charge in [0.15, 0.2) is 0 Å². The number of amides is 1. The summed E-state index contributed by atoms with van der Waals surface area (Å²) in [6.45, 7) is 0.320. The molecule has 0 aliphatic heterocycles. The summed E-state index contributed by atoms with van der Waals surface area (Å²) >= 11 is 0. The maximum absolute atomic E-state index is 12.3. The topological polar surface area (TPSA) is 85.8 Å². The van der Waals surface area contributed by atoms with Gasteiger partial charge in [-0.2, -0.15) is 0 Å². The average Bonchev–Trinajstić information content (AvgIpc) is 3.39. The molecule has 0 radical (unpaired) electrons. The summed E-state index contributed by atoms with van der Waals surface area (Å²) in [6.07, 6.45) is 1.50. The van der Waals surface area contributed by atoms with Gasteiger partial charge in [0, 0.05) is 11.1 Å². The quantitative estimate of drug-likeness (QED) is 0.601. The molecule has 0 atom stereocenters. The zero-order chi connectivity index (χ0) is 17.8. The predicted octanol–water partition coefficient (Wildman–Crippen LogP) is 2.85. The van der Waals surface area contributed by atoms with E-state index in [9.17, 15) is 4.79 Å². The summed E-state index contributed by atoms with van der Waals surface area (Å²) in [5.41, 5.74) is 2.34. The van der Waals surface area contributed by atoms with Gasteiger partial charge in [0.05, 0.1) is 12.2 Å². The first-order valence-electron chi connectivity index (χ1n) is 8.05. The number of aromatic nitrogens is 4. The third-order valence-electron chi connectivity index (χ3n) is 3.89. The van der Waals surface area contributed by atoms with E-state index in [0.29, 0.717) is 17.9 Å². The second-order valence-corrected chi connectivity index (χ2v) is 5.62. The van der Waals surface area contributed by atoms with Gasteiger partial charge in [0.2, 0.25) is 0 Å². The Labute approximate surface area is 149 Å². The Morgan fingerprint density at radius 3 is 2.54 bits per heavy atom. The maximum Gasteiger partial charge on any atom is 0.251 e. The lowest BCUT2D eigenvalue weighted by molar-refractivity contribution is 0.0948. The fourth-order valence-electron chi connectivity index (χ4n) is 2.55. The summed E-state index contributed by atoms with van der Waals surface area (Å²) in [7, 11) is 0. The van der Waals surface area contributed by atoms with Gasteiger partial charge in [-0.3, -0.25) is 4.79 Å². The fourth-order valence-corrected chi connectivity index (χ4v) is 2.55. The summed E-state index contributed by atoms with van der Waals surface area (Å²) < 4.78 is 7.31. The Hall–Kier alpha value is -3.74. The van der Waals surface area contributed by atoms with Crippen molar-refractivity contribution in [2.24, 2.45) is 0 Å². The van der Waals surface area contributed by atoms with Crippen LogP contribution in [-0.2, 0) is 6.54 Å². The molecule has 2 aromatic heterocycles. The lowest BCUT2D eigenvalue weighted by Crippen LogP contribution is -2.22. The molecule has 0 aliphatic rings. The van der Waals surface area contributed by atoms with Gasteiger partial charge in [-0.15, -0.1) is 5.10 Å². The highest BCUT2D eigenvalue weighted by atomic mass is 16.3. The van der Waals surface area contributed by atoms with Crippen molar-refractivity contribution in [3.8, 4) is 17.0 Å². The van der Waals surface area contributed by atoms with Gasteiger partial charge < -0.3 is 9.73 Å². The molecule has 7 heteroatoms. The second kappa shape index (κ2) is 7.02. The number of carbonyl (C=O) groups is 1. The summed E-state index contributed by atoms with van der Waals surface area (Å²) in [5.74, 6) is 1.30. The van der Waals surface area contributed by atoms with E-state index in [-0.39, 0.29) is 5.91 Å². The molecule has 0 spiro atoms. The minimum atomic E-state index is -0.175. The Morgan fingerprint density at radius 2 is 1.81 bits per heavy atom. The summed E-state index contributed by atoms with van der Waals surface area (Å²) in [6, 6.07) is 20.6. The molecule has 4 aromatic rings. The third-order valence-corrected chi connectivity index (χ3v) is 3.89. The average molecular weight is 345 g/mol. The number of hydrogen-bond donors (Lipinski definition) is 1. The van der Waals surface area contributed by atoms with E-state index in [1.165, 1.54) is 11.0 Å². The van der Waals surface area contributed by atoms with Crippen LogP contribution in [0.1, 0.15) is 16.1 Å². The number of hydrogen-bond acceptors (Lipinski definition) is 5. The maximum atomic E-state index is 12.3. The monoisotopic (exact) mass is 345 g/mol. The number of tetrazole rings is 1. The van der Waals surface area contributed by atoms with Crippen molar-refractivity contribution in [2.45, 2.75) is 6.54 Å². The molecule has 0 bridgehead atoms. The molecule has 0 fully saturated rings. The predicted molar refractivity (Wildman–Crippen MR) is 94.5 cm³/mol. The highest BCUT2D eigenvalue weighted by Crippen LogP contribution is 2.21. The molecule has 2 heterocycles. The molecule has 26 heavy (non-hydrogen) atoms. The standard InChI is InChI=1S/C19H15N5O2/c25-19(15-6-8-16(9-7-15)24-13-21-22-23-24)20-12-17-10-11-18(26-17)14-4-2-1-3-5-14/h1-11,13H,12H2,(H,20,25). The second-order valence-electron chi connectivity index (χ2n) is 5.62. The molecule has 0 saturated carbocycles. The Balaban J connectivity index is 1.39. The first-order chi connectivity index (χ1) is 12.8. The highest BCUT2D eigenvalue weighted by Gasteiger charge is 2.09. The van der Waals surface area contributed by atoms with Crippen molar-refractivity contribution in [1.29, 1.82) is 0 Å². The van der Waals surface area contributed by atoms with Crippen LogP contribution in [0.25, 0.3) is 17.0 Å². The zero-order valence-electron chi connectivity index (χ0n) is 13.7. The van der Waals surface area contributed by atoms with Crippen LogP contribution in [0.15, 0.2) is 77.5 Å². The van der Waals surface area contributed by atoms with Crippen LogP contribution in [0, 0.1) is 0 Å². The van der Waals surface area contributed by atoms with Crippen molar-refractivity contribution < 1.29 is 9.21 Å². The molecule has 0 aliphatic carbocycles. The van der Waals surface area contributed by atoms with Crippen LogP contribution in [-0.4, -0.2) is 26.1 Å².